The Morgan fingerprint density at radius 1 is 1.16 bits per heavy atom. The van der Waals surface area contributed by atoms with Crippen molar-refractivity contribution in [1.82, 2.24) is 19.8 Å². The fourth-order valence-corrected chi connectivity index (χ4v) is 2.80. The van der Waals surface area contributed by atoms with Crippen LogP contribution in [0, 0.1) is 11.6 Å². The van der Waals surface area contributed by atoms with Crippen molar-refractivity contribution in [3.05, 3.63) is 72.1 Å². The summed E-state index contributed by atoms with van der Waals surface area (Å²) in [5.41, 5.74) is 1.67. The van der Waals surface area contributed by atoms with Crippen LogP contribution in [0.1, 0.15) is 10.4 Å². The molecule has 2 aromatic carbocycles. The van der Waals surface area contributed by atoms with E-state index in [1.165, 1.54) is 12.3 Å². The molecule has 1 heterocycles. The third kappa shape index (κ3) is 3.70. The van der Waals surface area contributed by atoms with E-state index in [4.69, 9.17) is 0 Å². The topological polar surface area (TPSA) is 59.0 Å². The third-order valence-electron chi connectivity index (χ3n) is 3.46. The second-order valence-electron chi connectivity index (χ2n) is 5.12. The molecule has 3 aromatic rings. The molecule has 0 bridgehead atoms. The summed E-state index contributed by atoms with van der Waals surface area (Å²) in [6.45, 7) is 0. The van der Waals surface area contributed by atoms with Crippen LogP contribution in [0.4, 0.5) is 8.78 Å². The zero-order chi connectivity index (χ0) is 17.8. The van der Waals surface area contributed by atoms with Gasteiger partial charge in [0, 0.05) is 24.3 Å². The van der Waals surface area contributed by atoms with Crippen LogP contribution >= 0.6 is 11.9 Å². The summed E-state index contributed by atoms with van der Waals surface area (Å²) < 4.78 is 30.3. The molecule has 0 aliphatic heterocycles. The van der Waals surface area contributed by atoms with E-state index in [0.29, 0.717) is 5.82 Å². The lowest BCUT2D eigenvalue weighted by atomic mass is 10.1. The number of nitrogens with zero attached hydrogens (tertiary/aromatic N) is 2. The van der Waals surface area contributed by atoms with E-state index >= 15 is 0 Å². The molecular weight excluding hydrogens is 346 g/mol. The fourth-order valence-electron chi connectivity index (χ4n) is 2.24. The molecule has 0 radical (unpaired) electrons. The van der Waals surface area contributed by atoms with Crippen molar-refractivity contribution < 1.29 is 13.6 Å². The van der Waals surface area contributed by atoms with Crippen LogP contribution in [-0.2, 0) is 7.05 Å². The van der Waals surface area contributed by atoms with Crippen LogP contribution in [0.15, 0.2) is 59.8 Å². The number of amides is 1. The van der Waals surface area contributed by atoms with Crippen LogP contribution in [0.25, 0.3) is 11.4 Å². The van der Waals surface area contributed by atoms with Gasteiger partial charge in [0.2, 0.25) is 0 Å². The van der Waals surface area contributed by atoms with Gasteiger partial charge in [-0.2, -0.15) is 4.83 Å². The highest BCUT2D eigenvalue weighted by atomic mass is 32.2. The smallest absolute Gasteiger partial charge is 0.272 e. The lowest BCUT2D eigenvalue weighted by Crippen LogP contribution is -2.34. The van der Waals surface area contributed by atoms with E-state index in [-0.39, 0.29) is 5.56 Å². The number of halogens is 2. The second kappa shape index (κ2) is 7.45. The number of carbonyl (C=O) groups is 1. The van der Waals surface area contributed by atoms with Gasteiger partial charge < -0.3 is 4.57 Å². The van der Waals surface area contributed by atoms with Gasteiger partial charge in [-0.25, -0.2) is 13.8 Å². The molecular formula is C17H14F2N4OS. The highest BCUT2D eigenvalue weighted by Gasteiger charge is 2.22. The normalized spacial score (nSPS) is 10.7. The van der Waals surface area contributed by atoms with Crippen molar-refractivity contribution >= 4 is 17.9 Å². The summed E-state index contributed by atoms with van der Waals surface area (Å²) in [6, 6.07) is 11.5. The number of imidazole rings is 1. The first-order chi connectivity index (χ1) is 12.1. The van der Waals surface area contributed by atoms with Gasteiger partial charge in [-0.05, 0) is 36.2 Å². The Morgan fingerprint density at radius 3 is 2.60 bits per heavy atom. The average Bonchev–Trinajstić information content (AvgIpc) is 3.02. The molecule has 0 saturated carbocycles. The first kappa shape index (κ1) is 17.1. The summed E-state index contributed by atoms with van der Waals surface area (Å²) in [5, 5.41) is 0. The molecule has 0 atom stereocenters. The number of rotatable bonds is 5. The van der Waals surface area contributed by atoms with Crippen molar-refractivity contribution in [1.29, 1.82) is 0 Å². The Kier molecular flexibility index (Phi) is 5.11. The minimum absolute atomic E-state index is 0.0507. The minimum Gasteiger partial charge on any atom is -0.334 e. The summed E-state index contributed by atoms with van der Waals surface area (Å²) in [7, 11) is 1.68. The quantitative estimate of drug-likeness (QED) is 0.541. The Labute approximate surface area is 147 Å². The third-order valence-corrected chi connectivity index (χ3v) is 4.17. The van der Waals surface area contributed by atoms with Crippen LogP contribution in [0.5, 0.6) is 0 Å². The molecule has 0 aliphatic carbocycles. The molecule has 0 unspecified atom stereocenters. The molecule has 5 nitrogen and oxygen atoms in total. The van der Waals surface area contributed by atoms with Crippen molar-refractivity contribution in [2.24, 2.45) is 7.05 Å². The SMILES string of the molecule is Cn1ccnc1-c1ccc(F)c(C(=O)NNSc2ccccc2)c1F. The number of aryl methyl sites for hydroxylation is 1. The largest absolute Gasteiger partial charge is 0.334 e. The molecule has 0 fully saturated rings. The van der Waals surface area contributed by atoms with Crippen molar-refractivity contribution in [3.8, 4) is 11.4 Å². The zero-order valence-electron chi connectivity index (χ0n) is 13.2. The standard InChI is InChI=1S/C17H14F2N4OS/c1-23-10-9-20-16(23)12-7-8-13(18)14(15(12)19)17(24)21-22-25-11-5-3-2-4-6-11/h2-10,22H,1H3,(H,21,24). The van der Waals surface area contributed by atoms with Crippen LogP contribution in [0.2, 0.25) is 0 Å². The van der Waals surface area contributed by atoms with Gasteiger partial charge in [-0.3, -0.25) is 10.2 Å². The highest BCUT2D eigenvalue weighted by molar-refractivity contribution is 7.97. The van der Waals surface area contributed by atoms with Gasteiger partial charge in [0.25, 0.3) is 5.91 Å². The fraction of sp³-hybridized carbons (Fsp3) is 0.0588. The second-order valence-corrected chi connectivity index (χ2v) is 6.00. The molecule has 0 aliphatic rings. The van der Waals surface area contributed by atoms with Crippen LogP contribution in [0.3, 0.4) is 0 Å². The predicted octanol–water partition coefficient (Wildman–Crippen LogP) is 3.31. The number of carbonyl (C=O) groups excluding carboxylic acids is 1. The van der Waals surface area contributed by atoms with Crippen LogP contribution in [-0.4, -0.2) is 15.5 Å². The maximum absolute atomic E-state index is 14.7. The summed E-state index contributed by atoms with van der Waals surface area (Å²) in [5.74, 6) is -2.51. The van der Waals surface area contributed by atoms with E-state index < -0.39 is 23.1 Å². The summed E-state index contributed by atoms with van der Waals surface area (Å²) >= 11 is 1.12. The number of benzene rings is 2. The van der Waals surface area contributed by atoms with E-state index in [1.807, 2.05) is 30.3 Å². The molecule has 1 aromatic heterocycles. The number of hydrazine groups is 1. The number of aromatic nitrogens is 2. The monoisotopic (exact) mass is 360 g/mol. The van der Waals surface area contributed by atoms with Crippen molar-refractivity contribution in [2.75, 3.05) is 0 Å². The Morgan fingerprint density at radius 2 is 1.92 bits per heavy atom. The molecule has 2 N–H and O–H groups in total. The molecule has 128 valence electrons. The van der Waals surface area contributed by atoms with E-state index in [2.05, 4.69) is 15.2 Å². The van der Waals surface area contributed by atoms with E-state index in [1.54, 1.807) is 17.8 Å². The maximum atomic E-state index is 14.7. The summed E-state index contributed by atoms with van der Waals surface area (Å²) in [4.78, 5) is 19.6. The minimum atomic E-state index is -0.960. The van der Waals surface area contributed by atoms with Crippen molar-refractivity contribution in [3.63, 3.8) is 0 Å². The maximum Gasteiger partial charge on any atom is 0.272 e. The van der Waals surface area contributed by atoms with Gasteiger partial charge in [-0.1, -0.05) is 18.2 Å². The molecule has 3 rings (SSSR count). The first-order valence-electron chi connectivity index (χ1n) is 7.31. The molecule has 0 saturated heterocycles. The lowest BCUT2D eigenvalue weighted by molar-refractivity contribution is 0.0938. The van der Waals surface area contributed by atoms with E-state index in [0.717, 1.165) is 22.9 Å². The van der Waals surface area contributed by atoms with Gasteiger partial charge in [0.15, 0.2) is 0 Å². The lowest BCUT2D eigenvalue weighted by Gasteiger charge is -2.11. The molecule has 1 amide bonds. The zero-order valence-corrected chi connectivity index (χ0v) is 14.0. The van der Waals surface area contributed by atoms with Gasteiger partial charge in [0.1, 0.15) is 23.0 Å². The molecule has 0 spiro atoms. The summed E-state index contributed by atoms with van der Waals surface area (Å²) in [6.07, 6.45) is 3.13. The van der Waals surface area contributed by atoms with Gasteiger partial charge >= 0.3 is 0 Å². The Hall–Kier alpha value is -2.71. The van der Waals surface area contributed by atoms with Crippen molar-refractivity contribution in [2.45, 2.75) is 4.90 Å². The van der Waals surface area contributed by atoms with Gasteiger partial charge in [-0.15, -0.1) is 0 Å². The first-order valence-corrected chi connectivity index (χ1v) is 8.12. The number of hydrogen-bond acceptors (Lipinski definition) is 4. The Balaban J connectivity index is 1.79. The highest BCUT2D eigenvalue weighted by Crippen LogP contribution is 2.25. The van der Waals surface area contributed by atoms with E-state index in [9.17, 15) is 13.6 Å². The average molecular weight is 360 g/mol. The Bertz CT molecular complexity index is 899. The number of nitrogens with one attached hydrogen (secondary N) is 2. The predicted molar refractivity (Wildman–Crippen MR) is 91.5 cm³/mol. The molecule has 25 heavy (non-hydrogen) atoms. The number of hydrogen-bond donors (Lipinski definition) is 2. The van der Waals surface area contributed by atoms with Gasteiger partial charge in [0.05, 0.1) is 5.56 Å². The molecule has 8 heteroatoms. The van der Waals surface area contributed by atoms with Crippen LogP contribution < -0.4 is 10.3 Å².